The Balaban J connectivity index is 1.60. The molecule has 0 aromatic heterocycles. The number of rotatable bonds is 4. The number of hydrogen-bond acceptors (Lipinski definition) is 3. The van der Waals surface area contributed by atoms with Crippen LogP contribution in [0.15, 0.2) is 0 Å². The number of carbonyl (C=O) groups excluding carboxylic acids is 2. The van der Waals surface area contributed by atoms with Gasteiger partial charge in [-0.3, -0.25) is 14.9 Å². The smallest absolute Gasteiger partial charge is 0.238 e. The summed E-state index contributed by atoms with van der Waals surface area (Å²) in [5.74, 6) is 0.755. The van der Waals surface area contributed by atoms with E-state index in [2.05, 4.69) is 16.0 Å². The van der Waals surface area contributed by atoms with Crippen LogP contribution in [0.2, 0.25) is 0 Å². The molecule has 0 bridgehead atoms. The highest BCUT2D eigenvalue weighted by molar-refractivity contribution is 5.86. The minimum absolute atomic E-state index is 0.00538. The van der Waals surface area contributed by atoms with Crippen LogP contribution in [-0.2, 0) is 9.59 Å². The van der Waals surface area contributed by atoms with Crippen molar-refractivity contribution >= 4 is 11.8 Å². The van der Waals surface area contributed by atoms with Gasteiger partial charge in [0, 0.05) is 13.1 Å². The SMILES string of the molecule is O=C1CNC(C(=O)NCCC2CCCCC2)CN1. The second kappa shape index (κ2) is 6.73. The van der Waals surface area contributed by atoms with Crippen LogP contribution in [0.3, 0.4) is 0 Å². The molecule has 3 N–H and O–H groups in total. The van der Waals surface area contributed by atoms with E-state index in [1.807, 2.05) is 0 Å². The topological polar surface area (TPSA) is 70.2 Å². The Kier molecular flexibility index (Phi) is 4.99. The average molecular weight is 253 g/mol. The molecule has 5 heteroatoms. The summed E-state index contributed by atoms with van der Waals surface area (Å²) in [5, 5.41) is 8.59. The monoisotopic (exact) mass is 253 g/mol. The van der Waals surface area contributed by atoms with Crippen molar-refractivity contribution in [2.24, 2.45) is 5.92 Å². The summed E-state index contributed by atoms with van der Waals surface area (Å²) >= 11 is 0. The maximum Gasteiger partial charge on any atom is 0.238 e. The Bertz CT molecular complexity index is 291. The first-order valence-electron chi connectivity index (χ1n) is 7.03. The lowest BCUT2D eigenvalue weighted by Crippen LogP contribution is -2.58. The Morgan fingerprint density at radius 2 is 2.06 bits per heavy atom. The molecule has 2 rings (SSSR count). The maximum atomic E-state index is 11.8. The molecule has 2 amide bonds. The summed E-state index contributed by atoms with van der Waals surface area (Å²) in [4.78, 5) is 22.8. The lowest BCUT2D eigenvalue weighted by atomic mass is 9.87. The second-order valence-corrected chi connectivity index (χ2v) is 5.32. The molecule has 1 unspecified atom stereocenters. The van der Waals surface area contributed by atoms with E-state index in [1.165, 1.54) is 32.1 Å². The lowest BCUT2D eigenvalue weighted by molar-refractivity contribution is -0.126. The molecule has 1 saturated carbocycles. The highest BCUT2D eigenvalue weighted by Gasteiger charge is 2.23. The van der Waals surface area contributed by atoms with Crippen LogP contribution in [0.25, 0.3) is 0 Å². The lowest BCUT2D eigenvalue weighted by Gasteiger charge is -2.24. The van der Waals surface area contributed by atoms with E-state index < -0.39 is 0 Å². The summed E-state index contributed by atoms with van der Waals surface area (Å²) in [6.07, 6.45) is 7.77. The van der Waals surface area contributed by atoms with Crippen molar-refractivity contribution in [3.05, 3.63) is 0 Å². The van der Waals surface area contributed by atoms with Gasteiger partial charge in [-0.25, -0.2) is 0 Å². The third kappa shape index (κ3) is 3.98. The molecular formula is C13H23N3O2. The first-order chi connectivity index (χ1) is 8.75. The second-order valence-electron chi connectivity index (χ2n) is 5.32. The number of carbonyl (C=O) groups is 2. The molecule has 1 aliphatic heterocycles. The molecule has 0 radical (unpaired) electrons. The van der Waals surface area contributed by atoms with Crippen LogP contribution in [0.4, 0.5) is 0 Å². The number of nitrogens with one attached hydrogen (secondary N) is 3. The minimum Gasteiger partial charge on any atom is -0.355 e. The average Bonchev–Trinajstić information content (AvgIpc) is 2.40. The van der Waals surface area contributed by atoms with E-state index in [4.69, 9.17) is 0 Å². The molecule has 1 aliphatic carbocycles. The van der Waals surface area contributed by atoms with Crippen molar-refractivity contribution < 1.29 is 9.59 Å². The van der Waals surface area contributed by atoms with E-state index in [-0.39, 0.29) is 24.4 Å². The third-order valence-corrected chi connectivity index (χ3v) is 3.91. The third-order valence-electron chi connectivity index (χ3n) is 3.91. The maximum absolute atomic E-state index is 11.8. The molecule has 102 valence electrons. The van der Waals surface area contributed by atoms with Crippen molar-refractivity contribution in [3.8, 4) is 0 Å². The minimum atomic E-state index is -0.269. The number of piperazine rings is 1. The van der Waals surface area contributed by atoms with Crippen molar-refractivity contribution in [1.29, 1.82) is 0 Å². The van der Waals surface area contributed by atoms with Gasteiger partial charge in [-0.2, -0.15) is 0 Å². The van der Waals surface area contributed by atoms with Gasteiger partial charge in [-0.05, 0) is 12.3 Å². The summed E-state index contributed by atoms with van der Waals surface area (Å²) in [6.45, 7) is 1.39. The van der Waals surface area contributed by atoms with E-state index in [0.29, 0.717) is 6.54 Å². The zero-order valence-corrected chi connectivity index (χ0v) is 10.8. The standard InChI is InChI=1S/C13H23N3O2/c17-12-9-15-11(8-16-12)13(18)14-7-6-10-4-2-1-3-5-10/h10-11,15H,1-9H2,(H,14,18)(H,16,17). The van der Waals surface area contributed by atoms with Crippen molar-refractivity contribution in [2.75, 3.05) is 19.6 Å². The van der Waals surface area contributed by atoms with Gasteiger partial charge < -0.3 is 10.6 Å². The molecule has 2 fully saturated rings. The van der Waals surface area contributed by atoms with E-state index in [9.17, 15) is 9.59 Å². The van der Waals surface area contributed by atoms with Gasteiger partial charge >= 0.3 is 0 Å². The number of hydrogen-bond donors (Lipinski definition) is 3. The van der Waals surface area contributed by atoms with Gasteiger partial charge in [0.15, 0.2) is 0 Å². The highest BCUT2D eigenvalue weighted by atomic mass is 16.2. The molecular weight excluding hydrogens is 230 g/mol. The Labute approximate surface area is 108 Å². The number of amides is 2. The van der Waals surface area contributed by atoms with Gasteiger partial charge in [0.1, 0.15) is 6.04 Å². The molecule has 18 heavy (non-hydrogen) atoms. The Morgan fingerprint density at radius 1 is 1.28 bits per heavy atom. The molecule has 0 aromatic carbocycles. The summed E-state index contributed by atoms with van der Waals surface area (Å²) in [6, 6.07) is -0.269. The van der Waals surface area contributed by atoms with Crippen LogP contribution in [0, 0.1) is 5.92 Å². The van der Waals surface area contributed by atoms with Crippen LogP contribution < -0.4 is 16.0 Å². The largest absolute Gasteiger partial charge is 0.355 e. The fourth-order valence-corrected chi connectivity index (χ4v) is 2.75. The fourth-order valence-electron chi connectivity index (χ4n) is 2.75. The quantitative estimate of drug-likeness (QED) is 0.668. The van der Waals surface area contributed by atoms with E-state index in [0.717, 1.165) is 18.9 Å². The van der Waals surface area contributed by atoms with Gasteiger partial charge in [-0.15, -0.1) is 0 Å². The van der Waals surface area contributed by atoms with Gasteiger partial charge in [0.05, 0.1) is 6.54 Å². The molecule has 5 nitrogen and oxygen atoms in total. The predicted molar refractivity (Wildman–Crippen MR) is 69.0 cm³/mol. The van der Waals surface area contributed by atoms with Crippen LogP contribution in [-0.4, -0.2) is 37.5 Å². The molecule has 1 saturated heterocycles. The Morgan fingerprint density at radius 3 is 2.72 bits per heavy atom. The summed E-state index contributed by atoms with van der Waals surface area (Å²) < 4.78 is 0. The molecule has 1 heterocycles. The van der Waals surface area contributed by atoms with Crippen LogP contribution in [0.1, 0.15) is 38.5 Å². The van der Waals surface area contributed by atoms with Gasteiger partial charge in [0.25, 0.3) is 0 Å². The van der Waals surface area contributed by atoms with Gasteiger partial charge in [0.2, 0.25) is 11.8 Å². The molecule has 0 spiro atoms. The highest BCUT2D eigenvalue weighted by Crippen LogP contribution is 2.25. The van der Waals surface area contributed by atoms with Gasteiger partial charge in [-0.1, -0.05) is 32.1 Å². The fraction of sp³-hybridized carbons (Fsp3) is 0.846. The van der Waals surface area contributed by atoms with E-state index in [1.54, 1.807) is 0 Å². The molecule has 2 aliphatic rings. The normalized spacial score (nSPS) is 25.6. The summed E-state index contributed by atoms with van der Waals surface area (Å²) in [7, 11) is 0. The van der Waals surface area contributed by atoms with Crippen LogP contribution >= 0.6 is 0 Å². The first kappa shape index (κ1) is 13.3. The Hall–Kier alpha value is -1.10. The van der Waals surface area contributed by atoms with Crippen molar-refractivity contribution in [3.63, 3.8) is 0 Å². The van der Waals surface area contributed by atoms with Crippen molar-refractivity contribution in [1.82, 2.24) is 16.0 Å². The zero-order valence-electron chi connectivity index (χ0n) is 10.8. The summed E-state index contributed by atoms with van der Waals surface area (Å²) in [5.41, 5.74) is 0. The van der Waals surface area contributed by atoms with E-state index >= 15 is 0 Å². The zero-order chi connectivity index (χ0) is 12.8. The molecule has 1 atom stereocenters. The predicted octanol–water partition coefficient (Wildman–Crippen LogP) is 0.161. The molecule has 0 aromatic rings. The van der Waals surface area contributed by atoms with Crippen molar-refractivity contribution in [2.45, 2.75) is 44.6 Å². The first-order valence-corrected chi connectivity index (χ1v) is 7.03. The van der Waals surface area contributed by atoms with Crippen LogP contribution in [0.5, 0.6) is 0 Å².